The standard InChI is InChI=1S/C18H28N4O3/c23-18(20-5-1-2-6-20)13-25-12-17-11-21(15-3-7-24-8-4-15)10-16-9-19-14-22(16)17/h9,14-15,17H,1-8,10-13H2/t17-/m0/s1. The maximum atomic E-state index is 12.2. The van der Waals surface area contributed by atoms with Crippen LogP contribution in [0.5, 0.6) is 0 Å². The maximum absolute atomic E-state index is 12.2. The van der Waals surface area contributed by atoms with Crippen LogP contribution in [0.4, 0.5) is 0 Å². The second kappa shape index (κ2) is 7.85. The van der Waals surface area contributed by atoms with Crippen LogP contribution in [0.1, 0.15) is 37.4 Å². The number of imidazole rings is 1. The second-order valence-electron chi connectivity index (χ2n) is 7.32. The van der Waals surface area contributed by atoms with Crippen LogP contribution in [0.25, 0.3) is 0 Å². The molecule has 0 bridgehead atoms. The molecular weight excluding hydrogens is 320 g/mol. The highest BCUT2D eigenvalue weighted by atomic mass is 16.5. The lowest BCUT2D eigenvalue weighted by Crippen LogP contribution is -2.46. The number of amides is 1. The van der Waals surface area contributed by atoms with E-state index < -0.39 is 0 Å². The van der Waals surface area contributed by atoms with Crippen molar-refractivity contribution in [3.63, 3.8) is 0 Å². The van der Waals surface area contributed by atoms with Gasteiger partial charge >= 0.3 is 0 Å². The van der Waals surface area contributed by atoms with Crippen molar-refractivity contribution in [3.05, 3.63) is 18.2 Å². The molecule has 0 N–H and O–H groups in total. The third-order valence-electron chi connectivity index (χ3n) is 5.65. The summed E-state index contributed by atoms with van der Waals surface area (Å²) in [7, 11) is 0. The van der Waals surface area contributed by atoms with Crippen LogP contribution in [-0.2, 0) is 20.8 Å². The molecule has 0 aromatic carbocycles. The van der Waals surface area contributed by atoms with Crippen molar-refractivity contribution in [3.8, 4) is 0 Å². The molecule has 3 aliphatic rings. The minimum atomic E-state index is 0.125. The lowest BCUT2D eigenvalue weighted by Gasteiger charge is -2.40. The smallest absolute Gasteiger partial charge is 0.248 e. The van der Waals surface area contributed by atoms with Crippen molar-refractivity contribution in [2.45, 2.75) is 44.3 Å². The molecule has 0 aliphatic carbocycles. The second-order valence-corrected chi connectivity index (χ2v) is 7.32. The number of carbonyl (C=O) groups is 1. The molecular formula is C18H28N4O3. The Bertz CT molecular complexity index is 579. The molecule has 0 radical (unpaired) electrons. The highest BCUT2D eigenvalue weighted by Crippen LogP contribution is 2.26. The number of aromatic nitrogens is 2. The first-order valence-electron chi connectivity index (χ1n) is 9.49. The Hall–Kier alpha value is -1.44. The molecule has 0 unspecified atom stereocenters. The van der Waals surface area contributed by atoms with Gasteiger partial charge in [0.05, 0.1) is 24.7 Å². The Morgan fingerprint density at radius 1 is 1.28 bits per heavy atom. The molecule has 3 aliphatic heterocycles. The van der Waals surface area contributed by atoms with Crippen LogP contribution in [0.2, 0.25) is 0 Å². The quantitative estimate of drug-likeness (QED) is 0.796. The minimum absolute atomic E-state index is 0.125. The van der Waals surface area contributed by atoms with Crippen molar-refractivity contribution in [1.29, 1.82) is 0 Å². The summed E-state index contributed by atoms with van der Waals surface area (Å²) in [6.45, 7) is 6.11. The third-order valence-corrected chi connectivity index (χ3v) is 5.65. The van der Waals surface area contributed by atoms with Crippen molar-refractivity contribution < 1.29 is 14.3 Å². The molecule has 0 spiro atoms. The Morgan fingerprint density at radius 3 is 2.88 bits per heavy atom. The average Bonchev–Trinajstić information content (AvgIpc) is 3.34. The van der Waals surface area contributed by atoms with Gasteiger partial charge in [-0.25, -0.2) is 4.98 Å². The predicted molar refractivity (Wildman–Crippen MR) is 92.1 cm³/mol. The average molecular weight is 348 g/mol. The van der Waals surface area contributed by atoms with E-state index in [1.807, 2.05) is 17.4 Å². The van der Waals surface area contributed by atoms with E-state index in [0.29, 0.717) is 12.6 Å². The summed E-state index contributed by atoms with van der Waals surface area (Å²) in [5.41, 5.74) is 1.23. The molecule has 4 rings (SSSR count). The first-order chi connectivity index (χ1) is 12.3. The summed E-state index contributed by atoms with van der Waals surface area (Å²) >= 11 is 0. The topological polar surface area (TPSA) is 59.8 Å². The van der Waals surface area contributed by atoms with Gasteiger partial charge in [0.2, 0.25) is 5.91 Å². The van der Waals surface area contributed by atoms with E-state index in [-0.39, 0.29) is 18.6 Å². The van der Waals surface area contributed by atoms with Gasteiger partial charge in [-0.3, -0.25) is 9.69 Å². The lowest BCUT2D eigenvalue weighted by molar-refractivity contribution is -0.135. The van der Waals surface area contributed by atoms with Gasteiger partial charge in [0, 0.05) is 51.6 Å². The first-order valence-corrected chi connectivity index (χ1v) is 9.49. The molecule has 2 fully saturated rings. The molecule has 7 heteroatoms. The number of fused-ring (bicyclic) bond motifs is 1. The van der Waals surface area contributed by atoms with Crippen molar-refractivity contribution >= 4 is 5.91 Å². The molecule has 138 valence electrons. The summed E-state index contributed by atoms with van der Waals surface area (Å²) in [5, 5.41) is 0. The van der Waals surface area contributed by atoms with Crippen molar-refractivity contribution in [1.82, 2.24) is 19.4 Å². The molecule has 1 aromatic heterocycles. The zero-order valence-electron chi connectivity index (χ0n) is 14.8. The van der Waals surface area contributed by atoms with Gasteiger partial charge in [-0.15, -0.1) is 0 Å². The van der Waals surface area contributed by atoms with Gasteiger partial charge in [0.25, 0.3) is 0 Å². The van der Waals surface area contributed by atoms with Gasteiger partial charge in [-0.1, -0.05) is 0 Å². The molecule has 2 saturated heterocycles. The number of likely N-dealkylation sites (tertiary alicyclic amines) is 1. The van der Waals surface area contributed by atoms with Gasteiger partial charge in [-0.2, -0.15) is 0 Å². The molecule has 4 heterocycles. The Labute approximate surface area is 148 Å². The number of nitrogens with zero attached hydrogens (tertiary/aromatic N) is 4. The fourth-order valence-electron chi connectivity index (χ4n) is 4.22. The summed E-state index contributed by atoms with van der Waals surface area (Å²) < 4.78 is 13.5. The van der Waals surface area contributed by atoms with Crippen molar-refractivity contribution in [2.24, 2.45) is 0 Å². The van der Waals surface area contributed by atoms with Crippen LogP contribution in [0.3, 0.4) is 0 Å². The first kappa shape index (κ1) is 17.0. The van der Waals surface area contributed by atoms with Crippen LogP contribution in [0.15, 0.2) is 12.5 Å². The summed E-state index contributed by atoms with van der Waals surface area (Å²) in [6.07, 6.45) is 8.27. The Morgan fingerprint density at radius 2 is 2.08 bits per heavy atom. The van der Waals surface area contributed by atoms with E-state index in [2.05, 4.69) is 14.5 Å². The largest absolute Gasteiger partial charge is 0.381 e. The lowest BCUT2D eigenvalue weighted by atomic mass is 10.0. The highest BCUT2D eigenvalue weighted by molar-refractivity contribution is 5.77. The number of ether oxygens (including phenoxy) is 2. The van der Waals surface area contributed by atoms with E-state index in [1.165, 1.54) is 5.69 Å². The summed E-state index contributed by atoms with van der Waals surface area (Å²) in [4.78, 5) is 20.9. The van der Waals surface area contributed by atoms with Crippen LogP contribution < -0.4 is 0 Å². The highest BCUT2D eigenvalue weighted by Gasteiger charge is 2.30. The SMILES string of the molecule is O=C(COC[C@@H]1CN(C2CCOCC2)Cc2cncn21)N1CCCC1. The molecule has 1 amide bonds. The normalized spacial score (nSPS) is 25.3. The van der Waals surface area contributed by atoms with Gasteiger partial charge < -0.3 is 18.9 Å². The zero-order chi connectivity index (χ0) is 17.1. The molecule has 7 nitrogen and oxygen atoms in total. The Balaban J connectivity index is 1.34. The molecule has 0 saturated carbocycles. The van der Waals surface area contributed by atoms with E-state index in [9.17, 15) is 4.79 Å². The van der Waals surface area contributed by atoms with Crippen molar-refractivity contribution in [2.75, 3.05) is 46.1 Å². The molecule has 1 atom stereocenters. The maximum Gasteiger partial charge on any atom is 0.248 e. The number of hydrogen-bond acceptors (Lipinski definition) is 5. The summed E-state index contributed by atoms with van der Waals surface area (Å²) in [5.74, 6) is 0.125. The number of hydrogen-bond donors (Lipinski definition) is 0. The number of carbonyl (C=O) groups excluding carboxylic acids is 1. The third kappa shape index (κ3) is 3.88. The van der Waals surface area contributed by atoms with Crippen LogP contribution in [-0.4, -0.2) is 77.4 Å². The van der Waals surface area contributed by atoms with Gasteiger partial charge in [-0.05, 0) is 25.7 Å². The van der Waals surface area contributed by atoms with E-state index in [0.717, 1.165) is 65.1 Å². The van der Waals surface area contributed by atoms with E-state index in [1.54, 1.807) is 0 Å². The van der Waals surface area contributed by atoms with E-state index >= 15 is 0 Å². The Kier molecular flexibility index (Phi) is 5.33. The summed E-state index contributed by atoms with van der Waals surface area (Å²) in [6, 6.07) is 0.798. The fourth-order valence-corrected chi connectivity index (χ4v) is 4.22. The predicted octanol–water partition coefficient (Wildman–Crippen LogP) is 1.06. The van der Waals surface area contributed by atoms with Gasteiger partial charge in [0.1, 0.15) is 6.61 Å². The van der Waals surface area contributed by atoms with Crippen LogP contribution >= 0.6 is 0 Å². The zero-order valence-corrected chi connectivity index (χ0v) is 14.8. The minimum Gasteiger partial charge on any atom is -0.381 e. The van der Waals surface area contributed by atoms with E-state index in [4.69, 9.17) is 9.47 Å². The van der Waals surface area contributed by atoms with Gasteiger partial charge in [0.15, 0.2) is 0 Å². The molecule has 1 aromatic rings. The monoisotopic (exact) mass is 348 g/mol. The van der Waals surface area contributed by atoms with Crippen LogP contribution in [0, 0.1) is 0 Å². The fraction of sp³-hybridized carbons (Fsp3) is 0.778. The molecule has 25 heavy (non-hydrogen) atoms. The number of rotatable bonds is 5.